The molecule has 4 N–H and O–H groups in total. The third-order valence-corrected chi connectivity index (χ3v) is 4.74. The summed E-state index contributed by atoms with van der Waals surface area (Å²) in [6.07, 6.45) is 0.504. The van der Waals surface area contributed by atoms with Gasteiger partial charge in [-0.15, -0.1) is 0 Å². The number of hydrogen-bond acceptors (Lipinski definition) is 3. The largest absolute Gasteiger partial charge is 0.397 e. The monoisotopic (exact) mass is 361 g/mol. The summed E-state index contributed by atoms with van der Waals surface area (Å²) in [5, 5.41) is 0. The van der Waals surface area contributed by atoms with E-state index < -0.39 is 0 Å². The lowest BCUT2D eigenvalue weighted by atomic mass is 10.1. The van der Waals surface area contributed by atoms with Gasteiger partial charge < -0.3 is 16.4 Å². The van der Waals surface area contributed by atoms with Gasteiger partial charge in [-0.1, -0.05) is 0 Å². The molecule has 1 aliphatic heterocycles. The lowest BCUT2D eigenvalue weighted by molar-refractivity contribution is -0.117. The Kier molecular flexibility index (Phi) is 3.75. The summed E-state index contributed by atoms with van der Waals surface area (Å²) < 4.78 is 1.76. The minimum Gasteiger partial charge on any atom is -0.397 e. The molecule has 0 saturated carbocycles. The fraction of sp³-hybridized carbons (Fsp3) is 0.364. The molecule has 0 aliphatic carbocycles. The first-order valence-corrected chi connectivity index (χ1v) is 6.86. The quantitative estimate of drug-likeness (QED) is 0.791. The van der Waals surface area contributed by atoms with Gasteiger partial charge >= 0.3 is 0 Å². The normalized spacial score (nSPS) is 20.1. The number of nitrogens with two attached hydrogens (primary N) is 2. The van der Waals surface area contributed by atoms with Crippen LogP contribution in [0.2, 0.25) is 0 Å². The lowest BCUT2D eigenvalue weighted by Gasteiger charge is -2.19. The first kappa shape index (κ1) is 12.9. The fourth-order valence-corrected chi connectivity index (χ4v) is 2.65. The summed E-state index contributed by atoms with van der Waals surface area (Å²) in [5.74, 6) is 0.311. The molecule has 1 amide bonds. The summed E-state index contributed by atoms with van der Waals surface area (Å²) in [7, 11) is 0. The van der Waals surface area contributed by atoms with Crippen LogP contribution < -0.4 is 16.4 Å². The molecule has 6 heteroatoms. The van der Waals surface area contributed by atoms with Crippen LogP contribution in [0, 0.1) is 5.92 Å². The second-order valence-electron chi connectivity index (χ2n) is 4.14. The number of nitrogens with zero attached hydrogens (tertiary/aromatic N) is 1. The van der Waals surface area contributed by atoms with Crippen LogP contribution in [0.3, 0.4) is 0 Å². The average molecular weight is 363 g/mol. The highest BCUT2D eigenvalue weighted by Gasteiger charge is 2.30. The number of halogens is 2. The highest BCUT2D eigenvalue weighted by molar-refractivity contribution is 9.13. The van der Waals surface area contributed by atoms with Crippen LogP contribution in [0.15, 0.2) is 21.1 Å². The van der Waals surface area contributed by atoms with Crippen LogP contribution in [-0.4, -0.2) is 19.0 Å². The second-order valence-corrected chi connectivity index (χ2v) is 5.84. The zero-order chi connectivity index (χ0) is 12.6. The minimum absolute atomic E-state index is 0.0846. The average Bonchev–Trinajstić information content (AvgIpc) is 2.65. The summed E-state index contributed by atoms with van der Waals surface area (Å²) in [4.78, 5) is 13.6. The molecule has 2 rings (SSSR count). The standard InChI is InChI=1S/C11H13Br2N3O/c12-7-2-9(15)10(3-8(7)13)16-5-6(4-14)1-11(16)17/h2-3,6H,1,4-5,14-15H2. The Morgan fingerprint density at radius 3 is 2.59 bits per heavy atom. The number of carbonyl (C=O) groups is 1. The summed E-state index contributed by atoms with van der Waals surface area (Å²) in [6, 6.07) is 3.65. The van der Waals surface area contributed by atoms with Crippen molar-refractivity contribution in [3.63, 3.8) is 0 Å². The van der Waals surface area contributed by atoms with Crippen LogP contribution in [0.4, 0.5) is 11.4 Å². The van der Waals surface area contributed by atoms with Gasteiger partial charge in [0.15, 0.2) is 0 Å². The van der Waals surface area contributed by atoms with Crippen molar-refractivity contribution in [3.05, 3.63) is 21.1 Å². The van der Waals surface area contributed by atoms with Gasteiger partial charge in [0.1, 0.15) is 0 Å². The van der Waals surface area contributed by atoms with E-state index in [9.17, 15) is 4.79 Å². The lowest BCUT2D eigenvalue weighted by Crippen LogP contribution is -2.26. The van der Waals surface area contributed by atoms with Crippen molar-refractivity contribution in [2.45, 2.75) is 6.42 Å². The molecule has 1 aromatic carbocycles. The van der Waals surface area contributed by atoms with E-state index in [1.807, 2.05) is 6.07 Å². The number of benzene rings is 1. The van der Waals surface area contributed by atoms with Crippen LogP contribution in [-0.2, 0) is 4.79 Å². The van der Waals surface area contributed by atoms with Crippen molar-refractivity contribution in [3.8, 4) is 0 Å². The van der Waals surface area contributed by atoms with Crippen molar-refractivity contribution in [2.24, 2.45) is 11.7 Å². The van der Waals surface area contributed by atoms with Gasteiger partial charge in [0, 0.05) is 21.9 Å². The van der Waals surface area contributed by atoms with E-state index in [4.69, 9.17) is 11.5 Å². The predicted molar refractivity (Wildman–Crippen MR) is 75.8 cm³/mol. The zero-order valence-electron chi connectivity index (χ0n) is 9.12. The minimum atomic E-state index is 0.0846. The van der Waals surface area contributed by atoms with Gasteiger partial charge in [-0.25, -0.2) is 0 Å². The Morgan fingerprint density at radius 2 is 2.00 bits per heavy atom. The molecule has 0 aromatic heterocycles. The molecule has 4 nitrogen and oxygen atoms in total. The Hall–Kier alpha value is -0.590. The molecule has 17 heavy (non-hydrogen) atoms. The Morgan fingerprint density at radius 1 is 1.35 bits per heavy atom. The van der Waals surface area contributed by atoms with Gasteiger partial charge in [0.25, 0.3) is 0 Å². The molecule has 1 atom stereocenters. The van der Waals surface area contributed by atoms with Gasteiger partial charge in [0.2, 0.25) is 5.91 Å². The third-order valence-electron chi connectivity index (χ3n) is 2.90. The number of carbonyl (C=O) groups excluding carboxylic acids is 1. The molecule has 0 bridgehead atoms. The van der Waals surface area contributed by atoms with Crippen molar-refractivity contribution >= 4 is 49.1 Å². The first-order chi connectivity index (χ1) is 8.02. The summed E-state index contributed by atoms with van der Waals surface area (Å²) in [5.41, 5.74) is 12.9. The predicted octanol–water partition coefficient (Wildman–Crippen LogP) is 2.11. The first-order valence-electron chi connectivity index (χ1n) is 5.28. The molecule has 1 fully saturated rings. The summed E-state index contributed by atoms with van der Waals surface area (Å²) in [6.45, 7) is 1.17. The van der Waals surface area contributed by atoms with E-state index in [0.29, 0.717) is 25.2 Å². The highest BCUT2D eigenvalue weighted by Crippen LogP contribution is 2.36. The van der Waals surface area contributed by atoms with Crippen molar-refractivity contribution in [1.82, 2.24) is 0 Å². The van der Waals surface area contributed by atoms with E-state index in [1.165, 1.54) is 0 Å². The molecule has 1 aliphatic rings. The van der Waals surface area contributed by atoms with Crippen molar-refractivity contribution in [2.75, 3.05) is 23.7 Å². The maximum Gasteiger partial charge on any atom is 0.227 e. The maximum absolute atomic E-state index is 11.9. The van der Waals surface area contributed by atoms with Gasteiger partial charge in [-0.3, -0.25) is 4.79 Å². The van der Waals surface area contributed by atoms with Crippen molar-refractivity contribution in [1.29, 1.82) is 0 Å². The maximum atomic E-state index is 11.9. The molecule has 1 aromatic rings. The van der Waals surface area contributed by atoms with Gasteiger partial charge in [0.05, 0.1) is 11.4 Å². The van der Waals surface area contributed by atoms with Crippen LogP contribution in [0.1, 0.15) is 6.42 Å². The topological polar surface area (TPSA) is 72.4 Å². The number of hydrogen-bond donors (Lipinski definition) is 2. The molecule has 1 heterocycles. The molecule has 0 radical (unpaired) electrons. The van der Waals surface area contributed by atoms with Gasteiger partial charge in [-0.2, -0.15) is 0 Å². The van der Waals surface area contributed by atoms with E-state index in [-0.39, 0.29) is 11.8 Å². The Balaban J connectivity index is 2.35. The number of amides is 1. The number of rotatable bonds is 2. The molecular weight excluding hydrogens is 350 g/mol. The van der Waals surface area contributed by atoms with Crippen LogP contribution in [0.25, 0.3) is 0 Å². The molecule has 0 spiro atoms. The van der Waals surface area contributed by atoms with E-state index in [1.54, 1.807) is 11.0 Å². The zero-order valence-corrected chi connectivity index (χ0v) is 12.3. The smallest absolute Gasteiger partial charge is 0.227 e. The van der Waals surface area contributed by atoms with Crippen LogP contribution in [0.5, 0.6) is 0 Å². The molecular formula is C11H13Br2N3O. The Bertz CT molecular complexity index is 464. The van der Waals surface area contributed by atoms with E-state index in [2.05, 4.69) is 31.9 Å². The Labute approximate surface area is 117 Å². The van der Waals surface area contributed by atoms with Crippen molar-refractivity contribution < 1.29 is 4.79 Å². The molecule has 1 saturated heterocycles. The van der Waals surface area contributed by atoms with Gasteiger partial charge in [-0.05, 0) is 56.5 Å². The highest BCUT2D eigenvalue weighted by atomic mass is 79.9. The molecule has 1 unspecified atom stereocenters. The number of anilines is 2. The summed E-state index contributed by atoms with van der Waals surface area (Å²) >= 11 is 6.79. The fourth-order valence-electron chi connectivity index (χ4n) is 1.96. The van der Waals surface area contributed by atoms with E-state index in [0.717, 1.165) is 14.6 Å². The second kappa shape index (κ2) is 4.96. The number of nitrogen functional groups attached to an aromatic ring is 1. The molecule has 92 valence electrons. The van der Waals surface area contributed by atoms with Crippen LogP contribution >= 0.6 is 31.9 Å². The SMILES string of the molecule is NCC1CC(=O)N(c2cc(Br)c(Br)cc2N)C1. The third kappa shape index (κ3) is 2.48. The van der Waals surface area contributed by atoms with E-state index >= 15 is 0 Å².